The topological polar surface area (TPSA) is 72.5 Å². The summed E-state index contributed by atoms with van der Waals surface area (Å²) in [6.07, 6.45) is 2.90. The van der Waals surface area contributed by atoms with E-state index in [9.17, 15) is 13.2 Å². The molecule has 1 fully saturated rings. The van der Waals surface area contributed by atoms with Crippen LogP contribution in [0.1, 0.15) is 32.6 Å². The summed E-state index contributed by atoms with van der Waals surface area (Å²) >= 11 is 0. The molecule has 1 amide bonds. The van der Waals surface area contributed by atoms with Crippen molar-refractivity contribution in [1.82, 2.24) is 0 Å². The lowest BCUT2D eigenvalue weighted by atomic mass is 10.3. The number of rotatable bonds is 4. The number of anilines is 1. The Kier molecular flexibility index (Phi) is 4.65. The van der Waals surface area contributed by atoms with Gasteiger partial charge in [0.05, 0.1) is 16.8 Å². The van der Waals surface area contributed by atoms with E-state index in [1.165, 1.54) is 12.1 Å². The van der Waals surface area contributed by atoms with Gasteiger partial charge in [-0.3, -0.25) is 5.32 Å². The normalized spacial score (nSPS) is 16.1. The second kappa shape index (κ2) is 6.26. The molecule has 0 unspecified atom stereocenters. The van der Waals surface area contributed by atoms with Gasteiger partial charge in [0.1, 0.15) is 0 Å². The van der Waals surface area contributed by atoms with Crippen LogP contribution in [0.15, 0.2) is 29.2 Å². The lowest BCUT2D eigenvalue weighted by Crippen LogP contribution is -2.18. The summed E-state index contributed by atoms with van der Waals surface area (Å²) in [5.41, 5.74) is 0.522. The van der Waals surface area contributed by atoms with Crippen molar-refractivity contribution in [1.29, 1.82) is 0 Å². The number of carbonyl (C=O) groups excluding carboxylic acids is 1. The molecule has 6 heteroatoms. The Labute approximate surface area is 119 Å². The zero-order valence-electron chi connectivity index (χ0n) is 11.5. The number of amides is 1. The fraction of sp³-hybridized carbons (Fsp3) is 0.500. The third kappa shape index (κ3) is 3.30. The highest BCUT2D eigenvalue weighted by molar-refractivity contribution is 7.92. The summed E-state index contributed by atoms with van der Waals surface area (Å²) in [6.45, 7) is 2.01. The van der Waals surface area contributed by atoms with Crippen LogP contribution in [0.5, 0.6) is 0 Å². The summed E-state index contributed by atoms with van der Waals surface area (Å²) in [4.78, 5) is 11.6. The maximum atomic E-state index is 12.4. The van der Waals surface area contributed by atoms with Crippen LogP contribution in [-0.4, -0.2) is 26.4 Å². The highest BCUT2D eigenvalue weighted by Crippen LogP contribution is 2.29. The number of ether oxygens (including phenoxy) is 1. The minimum absolute atomic E-state index is 0.258. The second-order valence-corrected chi connectivity index (χ2v) is 7.05. The average Bonchev–Trinajstić information content (AvgIpc) is 2.94. The van der Waals surface area contributed by atoms with Gasteiger partial charge in [-0.25, -0.2) is 13.2 Å². The average molecular weight is 297 g/mol. The second-order valence-electron chi connectivity index (χ2n) is 4.82. The maximum Gasteiger partial charge on any atom is 0.411 e. The molecule has 2 rings (SSSR count). The van der Waals surface area contributed by atoms with Crippen LogP contribution >= 0.6 is 0 Å². The van der Waals surface area contributed by atoms with E-state index in [0.717, 1.165) is 25.7 Å². The summed E-state index contributed by atoms with van der Waals surface area (Å²) in [5.74, 6) is 0. The molecule has 0 atom stereocenters. The van der Waals surface area contributed by atoms with Crippen molar-refractivity contribution in [2.45, 2.75) is 42.8 Å². The van der Waals surface area contributed by atoms with Crippen LogP contribution in [0, 0.1) is 0 Å². The summed E-state index contributed by atoms with van der Waals surface area (Å²) in [6, 6.07) is 6.24. The molecule has 1 aliphatic carbocycles. The van der Waals surface area contributed by atoms with E-state index in [2.05, 4.69) is 5.32 Å². The molecule has 0 radical (unpaired) electrons. The van der Waals surface area contributed by atoms with Gasteiger partial charge in [-0.1, -0.05) is 12.8 Å². The van der Waals surface area contributed by atoms with Crippen LogP contribution in [-0.2, 0) is 14.6 Å². The van der Waals surface area contributed by atoms with E-state index in [0.29, 0.717) is 17.2 Å². The third-order valence-electron chi connectivity index (χ3n) is 3.45. The van der Waals surface area contributed by atoms with Gasteiger partial charge in [0.2, 0.25) is 0 Å². The first-order chi connectivity index (χ1) is 9.54. The molecule has 0 aromatic heterocycles. The van der Waals surface area contributed by atoms with Crippen LogP contribution in [0.3, 0.4) is 0 Å². The van der Waals surface area contributed by atoms with Gasteiger partial charge in [-0.2, -0.15) is 0 Å². The molecule has 110 valence electrons. The van der Waals surface area contributed by atoms with Crippen LogP contribution in [0.25, 0.3) is 0 Å². The number of sulfone groups is 1. The third-order valence-corrected chi connectivity index (χ3v) is 5.72. The van der Waals surface area contributed by atoms with Crippen molar-refractivity contribution in [3.8, 4) is 0 Å². The first kappa shape index (κ1) is 14.8. The quantitative estimate of drug-likeness (QED) is 0.927. The zero-order chi connectivity index (χ0) is 14.6. The predicted molar refractivity (Wildman–Crippen MR) is 76.5 cm³/mol. The van der Waals surface area contributed by atoms with Crippen molar-refractivity contribution >= 4 is 21.6 Å². The zero-order valence-corrected chi connectivity index (χ0v) is 12.3. The molecule has 0 heterocycles. The number of hydrogen-bond donors (Lipinski definition) is 1. The van der Waals surface area contributed by atoms with E-state index in [1.807, 2.05) is 0 Å². The maximum absolute atomic E-state index is 12.4. The lowest BCUT2D eigenvalue weighted by Gasteiger charge is -2.11. The highest BCUT2D eigenvalue weighted by atomic mass is 32.2. The van der Waals surface area contributed by atoms with Gasteiger partial charge in [0, 0.05) is 5.69 Å². The Bertz CT molecular complexity index is 559. The monoisotopic (exact) mass is 297 g/mol. The molecule has 1 saturated carbocycles. The molecule has 0 aliphatic heterocycles. The van der Waals surface area contributed by atoms with E-state index in [-0.39, 0.29) is 5.25 Å². The molecule has 1 aliphatic rings. The fourth-order valence-electron chi connectivity index (χ4n) is 2.40. The molecule has 20 heavy (non-hydrogen) atoms. The van der Waals surface area contributed by atoms with E-state index in [1.54, 1.807) is 19.1 Å². The van der Waals surface area contributed by atoms with E-state index >= 15 is 0 Å². The van der Waals surface area contributed by atoms with Gasteiger partial charge in [-0.05, 0) is 44.0 Å². The van der Waals surface area contributed by atoms with Crippen LogP contribution in [0.4, 0.5) is 10.5 Å². The summed E-state index contributed by atoms with van der Waals surface area (Å²) in [5, 5.41) is 2.28. The van der Waals surface area contributed by atoms with Crippen molar-refractivity contribution in [3.05, 3.63) is 24.3 Å². The molecule has 1 aromatic rings. The minimum atomic E-state index is -3.24. The molecule has 0 saturated heterocycles. The summed E-state index contributed by atoms with van der Waals surface area (Å²) < 4.78 is 29.5. The molecule has 0 spiro atoms. The number of carbonyl (C=O) groups is 1. The number of hydrogen-bond acceptors (Lipinski definition) is 4. The molecular weight excluding hydrogens is 278 g/mol. The van der Waals surface area contributed by atoms with E-state index < -0.39 is 15.9 Å². The Morgan fingerprint density at radius 3 is 2.40 bits per heavy atom. The summed E-state index contributed by atoms with van der Waals surface area (Å²) in [7, 11) is -3.24. The standard InChI is InChI=1S/C14H19NO4S/c1-2-19-14(16)15-11-7-9-13(10-8-11)20(17,18)12-5-3-4-6-12/h7-10,12H,2-6H2,1H3,(H,15,16). The molecular formula is C14H19NO4S. The van der Waals surface area contributed by atoms with Gasteiger partial charge in [-0.15, -0.1) is 0 Å². The van der Waals surface area contributed by atoms with Gasteiger partial charge in [0.15, 0.2) is 9.84 Å². The number of nitrogens with one attached hydrogen (secondary N) is 1. The predicted octanol–water partition coefficient (Wildman–Crippen LogP) is 2.97. The van der Waals surface area contributed by atoms with Crippen LogP contribution in [0.2, 0.25) is 0 Å². The fourth-order valence-corrected chi connectivity index (χ4v) is 4.26. The van der Waals surface area contributed by atoms with E-state index in [4.69, 9.17) is 4.74 Å². The molecule has 0 bridgehead atoms. The molecule has 1 N–H and O–H groups in total. The van der Waals surface area contributed by atoms with Gasteiger partial charge < -0.3 is 4.74 Å². The Hall–Kier alpha value is -1.56. The molecule has 5 nitrogen and oxygen atoms in total. The first-order valence-corrected chi connectivity index (χ1v) is 8.36. The number of benzene rings is 1. The Morgan fingerprint density at radius 1 is 1.25 bits per heavy atom. The van der Waals surface area contributed by atoms with Crippen molar-refractivity contribution in [3.63, 3.8) is 0 Å². The highest BCUT2D eigenvalue weighted by Gasteiger charge is 2.30. The Morgan fingerprint density at radius 2 is 1.85 bits per heavy atom. The van der Waals surface area contributed by atoms with Gasteiger partial charge in [0.25, 0.3) is 0 Å². The largest absolute Gasteiger partial charge is 0.450 e. The SMILES string of the molecule is CCOC(=O)Nc1ccc(S(=O)(=O)C2CCCC2)cc1. The lowest BCUT2D eigenvalue weighted by molar-refractivity contribution is 0.168. The Balaban J connectivity index is 2.09. The smallest absolute Gasteiger partial charge is 0.411 e. The molecule has 1 aromatic carbocycles. The van der Waals surface area contributed by atoms with Crippen molar-refractivity contribution < 1.29 is 17.9 Å². The van der Waals surface area contributed by atoms with Gasteiger partial charge >= 0.3 is 6.09 Å². The van der Waals surface area contributed by atoms with Crippen molar-refractivity contribution in [2.24, 2.45) is 0 Å². The van der Waals surface area contributed by atoms with Crippen LogP contribution < -0.4 is 5.32 Å². The first-order valence-electron chi connectivity index (χ1n) is 6.82. The minimum Gasteiger partial charge on any atom is -0.450 e. The van der Waals surface area contributed by atoms with Crippen molar-refractivity contribution in [2.75, 3.05) is 11.9 Å².